The molecule has 0 aliphatic heterocycles. The van der Waals surface area contributed by atoms with Gasteiger partial charge in [0.15, 0.2) is 0 Å². The summed E-state index contributed by atoms with van der Waals surface area (Å²) in [6.07, 6.45) is 1.82. The molecule has 3 heteroatoms. The number of hydrogen-bond donors (Lipinski definition) is 2. The van der Waals surface area contributed by atoms with Gasteiger partial charge < -0.3 is 10.1 Å². The fourth-order valence-corrected chi connectivity index (χ4v) is 1.47. The predicted molar refractivity (Wildman–Crippen MR) is 50.0 cm³/mol. The number of para-hydroxylation sites is 1. The first-order valence-corrected chi connectivity index (χ1v) is 4.00. The van der Waals surface area contributed by atoms with E-state index < -0.39 is 5.97 Å². The number of rotatable bonds is 1. The number of aryl methyl sites for hydroxylation is 1. The molecule has 66 valence electrons. The Morgan fingerprint density at radius 2 is 2.23 bits per heavy atom. The Hall–Kier alpha value is -1.77. The van der Waals surface area contributed by atoms with Gasteiger partial charge in [-0.25, -0.2) is 4.79 Å². The highest BCUT2D eigenvalue weighted by molar-refractivity contribution is 6.02. The highest BCUT2D eigenvalue weighted by atomic mass is 16.4. The first-order valence-electron chi connectivity index (χ1n) is 4.00. The lowest BCUT2D eigenvalue weighted by Crippen LogP contribution is -1.96. The summed E-state index contributed by atoms with van der Waals surface area (Å²) in [5.41, 5.74) is 2.09. The molecule has 3 nitrogen and oxygen atoms in total. The minimum atomic E-state index is -0.896. The van der Waals surface area contributed by atoms with Crippen molar-refractivity contribution in [1.82, 2.24) is 4.98 Å². The maximum Gasteiger partial charge on any atom is 0.337 e. The number of hydrogen-bond acceptors (Lipinski definition) is 1. The summed E-state index contributed by atoms with van der Waals surface area (Å²) in [4.78, 5) is 13.8. The van der Waals surface area contributed by atoms with Crippen molar-refractivity contribution in [3.8, 4) is 0 Å². The number of aromatic nitrogens is 1. The summed E-state index contributed by atoms with van der Waals surface area (Å²) in [7, 11) is 0. The van der Waals surface area contributed by atoms with Crippen molar-refractivity contribution in [2.75, 3.05) is 0 Å². The third-order valence-corrected chi connectivity index (χ3v) is 2.15. The monoisotopic (exact) mass is 175 g/mol. The van der Waals surface area contributed by atoms with Crippen molar-refractivity contribution in [3.63, 3.8) is 0 Å². The Morgan fingerprint density at radius 3 is 2.92 bits per heavy atom. The molecule has 2 rings (SSSR count). The van der Waals surface area contributed by atoms with E-state index in [0.29, 0.717) is 11.1 Å². The van der Waals surface area contributed by atoms with Gasteiger partial charge in [0.25, 0.3) is 0 Å². The fourth-order valence-electron chi connectivity index (χ4n) is 1.47. The molecule has 2 aromatic rings. The summed E-state index contributed by atoms with van der Waals surface area (Å²) in [5.74, 6) is -0.896. The molecule has 0 fully saturated rings. The minimum absolute atomic E-state index is 0.325. The van der Waals surface area contributed by atoms with E-state index in [2.05, 4.69) is 4.98 Å². The maximum atomic E-state index is 10.8. The Morgan fingerprint density at radius 1 is 1.46 bits per heavy atom. The molecule has 0 aliphatic rings. The van der Waals surface area contributed by atoms with Gasteiger partial charge in [-0.2, -0.15) is 0 Å². The Bertz CT molecular complexity index is 471. The average Bonchev–Trinajstić information content (AvgIpc) is 2.48. The number of H-pyrrole nitrogens is 1. The standard InChI is InChI=1S/C10H9NO2/c1-6-5-11-9-7(6)3-2-4-8(9)10(12)13/h2-5,11H,1H3,(H,12,13). The molecule has 0 aliphatic carbocycles. The van der Waals surface area contributed by atoms with E-state index in [9.17, 15) is 4.79 Å². The molecule has 1 aromatic heterocycles. The second-order valence-electron chi connectivity index (χ2n) is 3.00. The molecule has 0 saturated carbocycles. The molecule has 0 saturated heterocycles. The van der Waals surface area contributed by atoms with E-state index in [0.717, 1.165) is 10.9 Å². The Kier molecular flexibility index (Phi) is 1.59. The normalized spacial score (nSPS) is 10.5. The third kappa shape index (κ3) is 1.09. The smallest absolute Gasteiger partial charge is 0.337 e. The van der Waals surface area contributed by atoms with Gasteiger partial charge in [-0.3, -0.25) is 0 Å². The van der Waals surface area contributed by atoms with Gasteiger partial charge >= 0.3 is 5.97 Å². The van der Waals surface area contributed by atoms with Gasteiger partial charge in [-0.05, 0) is 18.6 Å². The molecule has 2 N–H and O–H groups in total. The van der Waals surface area contributed by atoms with Crippen molar-refractivity contribution in [1.29, 1.82) is 0 Å². The number of carboxylic acids is 1. The second-order valence-corrected chi connectivity index (χ2v) is 3.00. The number of fused-ring (bicyclic) bond motifs is 1. The molecular formula is C10H9NO2. The lowest BCUT2D eigenvalue weighted by molar-refractivity contribution is 0.0699. The van der Waals surface area contributed by atoms with Crippen LogP contribution in [0.5, 0.6) is 0 Å². The minimum Gasteiger partial charge on any atom is -0.478 e. The fraction of sp³-hybridized carbons (Fsp3) is 0.100. The van der Waals surface area contributed by atoms with Crippen LogP contribution in [0, 0.1) is 6.92 Å². The molecule has 0 amide bonds. The molecule has 0 radical (unpaired) electrons. The highest BCUT2D eigenvalue weighted by Gasteiger charge is 2.09. The molecule has 1 aromatic carbocycles. The van der Waals surface area contributed by atoms with Crippen LogP contribution in [0.25, 0.3) is 10.9 Å². The number of aromatic carboxylic acids is 1. The molecule has 0 spiro atoms. The van der Waals surface area contributed by atoms with Gasteiger partial charge in [0, 0.05) is 11.6 Å². The largest absolute Gasteiger partial charge is 0.478 e. The van der Waals surface area contributed by atoms with E-state index in [1.165, 1.54) is 0 Å². The van der Waals surface area contributed by atoms with Crippen molar-refractivity contribution in [2.45, 2.75) is 6.92 Å². The maximum absolute atomic E-state index is 10.8. The van der Waals surface area contributed by atoms with E-state index >= 15 is 0 Å². The quantitative estimate of drug-likeness (QED) is 0.697. The van der Waals surface area contributed by atoms with Crippen LogP contribution in [-0.2, 0) is 0 Å². The Balaban J connectivity index is 2.84. The molecule has 0 unspecified atom stereocenters. The second kappa shape index (κ2) is 2.62. The van der Waals surface area contributed by atoms with Gasteiger partial charge in [-0.15, -0.1) is 0 Å². The predicted octanol–water partition coefficient (Wildman–Crippen LogP) is 2.17. The average molecular weight is 175 g/mol. The SMILES string of the molecule is Cc1c[nH]c2c(C(=O)O)cccc12. The van der Waals surface area contributed by atoms with Crippen LogP contribution in [0.4, 0.5) is 0 Å². The van der Waals surface area contributed by atoms with E-state index in [4.69, 9.17) is 5.11 Å². The van der Waals surface area contributed by atoms with Crippen LogP contribution in [0.1, 0.15) is 15.9 Å². The zero-order valence-corrected chi connectivity index (χ0v) is 7.16. The number of aromatic amines is 1. The van der Waals surface area contributed by atoms with Gasteiger partial charge in [0.1, 0.15) is 0 Å². The van der Waals surface area contributed by atoms with Crippen LogP contribution in [0.2, 0.25) is 0 Å². The van der Waals surface area contributed by atoms with Crippen LogP contribution < -0.4 is 0 Å². The van der Waals surface area contributed by atoms with Gasteiger partial charge in [-0.1, -0.05) is 12.1 Å². The van der Waals surface area contributed by atoms with Crippen LogP contribution >= 0.6 is 0 Å². The zero-order valence-electron chi connectivity index (χ0n) is 7.16. The lowest BCUT2D eigenvalue weighted by atomic mass is 10.1. The lowest BCUT2D eigenvalue weighted by Gasteiger charge is -1.96. The number of benzene rings is 1. The highest BCUT2D eigenvalue weighted by Crippen LogP contribution is 2.20. The first kappa shape index (κ1) is 7.86. The third-order valence-electron chi connectivity index (χ3n) is 2.15. The topological polar surface area (TPSA) is 53.1 Å². The summed E-state index contributed by atoms with van der Waals surface area (Å²) < 4.78 is 0. The zero-order chi connectivity index (χ0) is 9.42. The summed E-state index contributed by atoms with van der Waals surface area (Å²) in [5, 5.41) is 9.84. The van der Waals surface area contributed by atoms with E-state index in [-0.39, 0.29) is 0 Å². The summed E-state index contributed by atoms with van der Waals surface area (Å²) in [6.45, 7) is 1.95. The van der Waals surface area contributed by atoms with Gasteiger partial charge in [0.2, 0.25) is 0 Å². The van der Waals surface area contributed by atoms with Crippen molar-refractivity contribution in [3.05, 3.63) is 35.5 Å². The molecule has 1 heterocycles. The van der Waals surface area contributed by atoms with Gasteiger partial charge in [0.05, 0.1) is 11.1 Å². The first-order chi connectivity index (χ1) is 6.20. The molecule has 0 atom stereocenters. The van der Waals surface area contributed by atoms with E-state index in [1.54, 1.807) is 12.1 Å². The molecule has 0 bridgehead atoms. The Labute approximate surface area is 75.0 Å². The van der Waals surface area contributed by atoms with Crippen molar-refractivity contribution in [2.24, 2.45) is 0 Å². The van der Waals surface area contributed by atoms with Crippen LogP contribution in [0.3, 0.4) is 0 Å². The number of carbonyl (C=O) groups is 1. The molecular weight excluding hydrogens is 166 g/mol. The summed E-state index contributed by atoms with van der Waals surface area (Å²) in [6, 6.07) is 5.26. The van der Waals surface area contributed by atoms with E-state index in [1.807, 2.05) is 19.2 Å². The van der Waals surface area contributed by atoms with Crippen LogP contribution in [0.15, 0.2) is 24.4 Å². The molecule has 13 heavy (non-hydrogen) atoms. The number of nitrogens with one attached hydrogen (secondary N) is 1. The summed E-state index contributed by atoms with van der Waals surface area (Å²) >= 11 is 0. The van der Waals surface area contributed by atoms with Crippen molar-refractivity contribution < 1.29 is 9.90 Å². The van der Waals surface area contributed by atoms with Crippen molar-refractivity contribution >= 4 is 16.9 Å². The van der Waals surface area contributed by atoms with Crippen LogP contribution in [-0.4, -0.2) is 16.1 Å². The number of carboxylic acid groups (broad SMARTS) is 1.